The van der Waals surface area contributed by atoms with Crippen molar-refractivity contribution in [2.24, 2.45) is 0 Å². The van der Waals surface area contributed by atoms with E-state index in [2.05, 4.69) is 12.2 Å². The first-order valence-corrected chi connectivity index (χ1v) is 8.65. The predicted molar refractivity (Wildman–Crippen MR) is 86.3 cm³/mol. The number of unbranched alkanes of at least 4 members (excludes halogenated alkanes) is 9. The maximum atomic E-state index is 11.5. The Kier molecular flexibility index (Phi) is 14.6. The Morgan fingerprint density at radius 2 is 1.29 bits per heavy atom. The second kappa shape index (κ2) is 15.3. The Balaban J connectivity index is 3.14. The lowest BCUT2D eigenvalue weighted by Crippen LogP contribution is -2.23. The van der Waals surface area contributed by atoms with Crippen molar-refractivity contribution in [1.82, 2.24) is 5.32 Å². The van der Waals surface area contributed by atoms with Gasteiger partial charge in [-0.3, -0.25) is 9.59 Å². The number of hydrogen-bond donors (Lipinski definition) is 2. The van der Waals surface area contributed by atoms with Crippen molar-refractivity contribution in [3.05, 3.63) is 0 Å². The van der Waals surface area contributed by atoms with Gasteiger partial charge in [-0.05, 0) is 19.3 Å². The molecule has 4 heteroatoms. The van der Waals surface area contributed by atoms with Gasteiger partial charge in [-0.15, -0.1) is 0 Å². The lowest BCUT2D eigenvalue weighted by atomic mass is 10.1. The number of carbonyl (C=O) groups excluding carboxylic acids is 1. The van der Waals surface area contributed by atoms with E-state index >= 15 is 0 Å². The summed E-state index contributed by atoms with van der Waals surface area (Å²) in [5.41, 5.74) is 0. The monoisotopic (exact) mass is 299 g/mol. The molecule has 0 atom stereocenters. The van der Waals surface area contributed by atoms with Gasteiger partial charge in [-0.2, -0.15) is 0 Å². The molecule has 4 nitrogen and oxygen atoms in total. The summed E-state index contributed by atoms with van der Waals surface area (Å²) in [4.78, 5) is 21.8. The van der Waals surface area contributed by atoms with Gasteiger partial charge in [0.25, 0.3) is 0 Å². The van der Waals surface area contributed by atoms with Crippen LogP contribution in [0.4, 0.5) is 0 Å². The summed E-state index contributed by atoms with van der Waals surface area (Å²) in [6.07, 6.45) is 13.0. The summed E-state index contributed by atoms with van der Waals surface area (Å²) in [5, 5.41) is 11.5. The van der Waals surface area contributed by atoms with Gasteiger partial charge in [0.1, 0.15) is 0 Å². The van der Waals surface area contributed by atoms with Gasteiger partial charge >= 0.3 is 5.97 Å². The van der Waals surface area contributed by atoms with E-state index in [1.807, 2.05) is 0 Å². The number of carbonyl (C=O) groups is 2. The molecule has 0 fully saturated rings. The summed E-state index contributed by atoms with van der Waals surface area (Å²) in [6.45, 7) is 2.98. The third kappa shape index (κ3) is 16.9. The Hall–Kier alpha value is -1.06. The zero-order valence-corrected chi connectivity index (χ0v) is 13.7. The largest absolute Gasteiger partial charge is 0.481 e. The quantitative estimate of drug-likeness (QED) is 0.444. The lowest BCUT2D eigenvalue weighted by Gasteiger charge is -2.05. The van der Waals surface area contributed by atoms with E-state index in [9.17, 15) is 9.59 Å². The lowest BCUT2D eigenvalue weighted by molar-refractivity contribution is -0.137. The molecule has 0 rings (SSSR count). The van der Waals surface area contributed by atoms with Crippen molar-refractivity contribution in [2.45, 2.75) is 90.4 Å². The maximum Gasteiger partial charge on any atom is 0.303 e. The average Bonchev–Trinajstić information content (AvgIpc) is 2.45. The Morgan fingerprint density at radius 1 is 0.762 bits per heavy atom. The molecule has 0 bridgehead atoms. The molecule has 0 saturated heterocycles. The van der Waals surface area contributed by atoms with Crippen molar-refractivity contribution in [1.29, 1.82) is 0 Å². The number of aliphatic carboxylic acids is 1. The first-order valence-electron chi connectivity index (χ1n) is 8.65. The van der Waals surface area contributed by atoms with Gasteiger partial charge < -0.3 is 10.4 Å². The second-order valence-corrected chi connectivity index (χ2v) is 5.78. The van der Waals surface area contributed by atoms with Gasteiger partial charge in [-0.1, -0.05) is 58.3 Å². The summed E-state index contributed by atoms with van der Waals surface area (Å²) < 4.78 is 0. The minimum atomic E-state index is -0.692. The minimum Gasteiger partial charge on any atom is -0.481 e. The Morgan fingerprint density at radius 3 is 1.81 bits per heavy atom. The van der Waals surface area contributed by atoms with Crippen LogP contribution in [0, 0.1) is 0 Å². The second-order valence-electron chi connectivity index (χ2n) is 5.78. The fourth-order valence-corrected chi connectivity index (χ4v) is 2.31. The van der Waals surface area contributed by atoms with Crippen molar-refractivity contribution in [3.8, 4) is 0 Å². The van der Waals surface area contributed by atoms with E-state index in [0.717, 1.165) is 45.1 Å². The number of carboxylic acids is 1. The molecule has 124 valence electrons. The van der Waals surface area contributed by atoms with Crippen LogP contribution in [0.2, 0.25) is 0 Å². The van der Waals surface area contributed by atoms with Crippen molar-refractivity contribution < 1.29 is 14.7 Å². The highest BCUT2D eigenvalue weighted by Gasteiger charge is 2.00. The Bertz CT molecular complexity index is 267. The molecule has 0 aliphatic carbocycles. The van der Waals surface area contributed by atoms with E-state index in [1.165, 1.54) is 32.1 Å². The molecule has 0 aromatic heterocycles. The Labute approximate surface area is 129 Å². The predicted octanol–water partition coefficient (Wildman–Crippen LogP) is 4.28. The molecular formula is C17H33NO3. The average molecular weight is 299 g/mol. The van der Waals surface area contributed by atoms with Crippen LogP contribution < -0.4 is 5.32 Å². The topological polar surface area (TPSA) is 66.4 Å². The molecular weight excluding hydrogens is 266 g/mol. The molecule has 0 radical (unpaired) electrons. The molecule has 1 amide bonds. The zero-order valence-electron chi connectivity index (χ0n) is 13.7. The fraction of sp³-hybridized carbons (Fsp3) is 0.882. The first-order chi connectivity index (χ1) is 10.2. The number of carboxylic acid groups (broad SMARTS) is 1. The maximum absolute atomic E-state index is 11.5. The van der Waals surface area contributed by atoms with Crippen LogP contribution in [0.15, 0.2) is 0 Å². The van der Waals surface area contributed by atoms with Gasteiger partial charge in [-0.25, -0.2) is 0 Å². The van der Waals surface area contributed by atoms with Gasteiger partial charge in [0, 0.05) is 19.4 Å². The van der Waals surface area contributed by atoms with Crippen molar-refractivity contribution in [2.75, 3.05) is 6.54 Å². The minimum absolute atomic E-state index is 0.194. The zero-order chi connectivity index (χ0) is 15.8. The summed E-state index contributed by atoms with van der Waals surface area (Å²) in [7, 11) is 0. The van der Waals surface area contributed by atoms with E-state index in [1.54, 1.807) is 0 Å². The van der Waals surface area contributed by atoms with Gasteiger partial charge in [0.05, 0.1) is 0 Å². The van der Waals surface area contributed by atoms with Crippen LogP contribution in [-0.4, -0.2) is 23.5 Å². The molecule has 0 aromatic carbocycles. The highest BCUT2D eigenvalue weighted by atomic mass is 16.4. The van der Waals surface area contributed by atoms with Gasteiger partial charge in [0.15, 0.2) is 0 Å². The van der Waals surface area contributed by atoms with E-state index in [-0.39, 0.29) is 5.91 Å². The fourth-order valence-electron chi connectivity index (χ4n) is 2.31. The third-order valence-corrected chi connectivity index (χ3v) is 3.65. The normalized spacial score (nSPS) is 10.5. The molecule has 0 aliphatic rings. The molecule has 21 heavy (non-hydrogen) atoms. The molecule has 0 heterocycles. The van der Waals surface area contributed by atoms with Crippen LogP contribution in [0.1, 0.15) is 90.4 Å². The van der Waals surface area contributed by atoms with Crippen LogP contribution in [0.3, 0.4) is 0 Å². The molecule has 0 spiro atoms. The van der Waals surface area contributed by atoms with E-state index in [0.29, 0.717) is 12.8 Å². The molecule has 2 N–H and O–H groups in total. The summed E-state index contributed by atoms with van der Waals surface area (Å²) in [5.74, 6) is -0.497. The number of nitrogens with one attached hydrogen (secondary N) is 1. The van der Waals surface area contributed by atoms with Crippen molar-refractivity contribution in [3.63, 3.8) is 0 Å². The van der Waals surface area contributed by atoms with Crippen molar-refractivity contribution >= 4 is 11.9 Å². The smallest absolute Gasteiger partial charge is 0.303 e. The van der Waals surface area contributed by atoms with E-state index in [4.69, 9.17) is 5.11 Å². The van der Waals surface area contributed by atoms with E-state index < -0.39 is 5.97 Å². The first kappa shape index (κ1) is 19.9. The SMILES string of the molecule is CCCCCNC(=O)CCCCCCCCCCC(=O)O. The molecule has 0 aromatic rings. The molecule has 0 aliphatic heterocycles. The standard InChI is InChI=1S/C17H33NO3/c1-2-3-12-15-18-16(19)13-10-8-6-4-5-7-9-11-14-17(20)21/h2-15H2,1H3,(H,18,19)(H,20,21). The number of rotatable bonds is 15. The third-order valence-electron chi connectivity index (χ3n) is 3.65. The highest BCUT2D eigenvalue weighted by molar-refractivity contribution is 5.75. The summed E-state index contributed by atoms with van der Waals surface area (Å²) in [6, 6.07) is 0. The number of amides is 1. The van der Waals surface area contributed by atoms with Crippen LogP contribution >= 0.6 is 0 Å². The van der Waals surface area contributed by atoms with Gasteiger partial charge in [0.2, 0.25) is 5.91 Å². The molecule has 0 saturated carbocycles. The number of hydrogen-bond acceptors (Lipinski definition) is 2. The highest BCUT2D eigenvalue weighted by Crippen LogP contribution is 2.10. The van der Waals surface area contributed by atoms with Crippen LogP contribution in [0.5, 0.6) is 0 Å². The summed E-state index contributed by atoms with van der Waals surface area (Å²) >= 11 is 0. The van der Waals surface area contributed by atoms with Crippen LogP contribution in [-0.2, 0) is 9.59 Å². The van der Waals surface area contributed by atoms with Crippen LogP contribution in [0.25, 0.3) is 0 Å². The molecule has 0 unspecified atom stereocenters.